The van der Waals surface area contributed by atoms with E-state index in [0.29, 0.717) is 0 Å². The highest BCUT2D eigenvalue weighted by atomic mass is 35.5. The van der Waals surface area contributed by atoms with Crippen LogP contribution in [0.1, 0.15) is 0 Å². The SMILES string of the molecule is FC(F)(F)C(=Nc1ccc(Cl)cc1)C(=Nc1ccc(Cl)cc1)C(F)(F)F. The summed E-state index contributed by atoms with van der Waals surface area (Å²) in [4.78, 5) is 6.22. The average molecular weight is 413 g/mol. The third-order valence-corrected chi connectivity index (χ3v) is 3.40. The molecule has 0 fully saturated rings. The first-order chi connectivity index (χ1) is 12.0. The number of hydrogen-bond donors (Lipinski definition) is 0. The fraction of sp³-hybridized carbons (Fsp3) is 0.125. The van der Waals surface area contributed by atoms with Gasteiger partial charge in [0.15, 0.2) is 11.4 Å². The smallest absolute Gasteiger partial charge is 0.242 e. The summed E-state index contributed by atoms with van der Waals surface area (Å²) in [6.45, 7) is 0. The first-order valence-corrected chi connectivity index (χ1v) is 7.55. The van der Waals surface area contributed by atoms with Crippen LogP contribution in [0.3, 0.4) is 0 Å². The molecule has 26 heavy (non-hydrogen) atoms. The highest BCUT2D eigenvalue weighted by Gasteiger charge is 2.50. The van der Waals surface area contributed by atoms with E-state index in [0.717, 1.165) is 24.3 Å². The maximum absolute atomic E-state index is 13.3. The van der Waals surface area contributed by atoms with Gasteiger partial charge in [-0.1, -0.05) is 23.2 Å². The van der Waals surface area contributed by atoms with Crippen molar-refractivity contribution in [1.82, 2.24) is 0 Å². The lowest BCUT2D eigenvalue weighted by Crippen LogP contribution is -2.40. The molecule has 0 aliphatic heterocycles. The van der Waals surface area contributed by atoms with Gasteiger partial charge in [0.1, 0.15) is 0 Å². The Morgan fingerprint density at radius 2 is 0.846 bits per heavy atom. The van der Waals surface area contributed by atoms with Crippen LogP contribution in [0.5, 0.6) is 0 Å². The molecule has 0 bridgehead atoms. The first kappa shape index (κ1) is 20.3. The van der Waals surface area contributed by atoms with Gasteiger partial charge in [0.2, 0.25) is 0 Å². The number of halogens is 8. The molecule has 0 atom stereocenters. The van der Waals surface area contributed by atoms with E-state index in [-0.39, 0.29) is 21.4 Å². The second kappa shape index (κ2) is 7.67. The van der Waals surface area contributed by atoms with Crippen molar-refractivity contribution in [3.63, 3.8) is 0 Å². The lowest BCUT2D eigenvalue weighted by molar-refractivity contribution is -0.0709. The van der Waals surface area contributed by atoms with Gasteiger partial charge in [0, 0.05) is 10.0 Å². The van der Waals surface area contributed by atoms with Crippen molar-refractivity contribution in [2.45, 2.75) is 12.4 Å². The molecule has 0 radical (unpaired) electrons. The van der Waals surface area contributed by atoms with Crippen LogP contribution in [0.2, 0.25) is 10.0 Å². The quantitative estimate of drug-likeness (QED) is 0.384. The molecule has 0 spiro atoms. The zero-order chi connectivity index (χ0) is 19.5. The van der Waals surface area contributed by atoms with E-state index in [2.05, 4.69) is 9.98 Å². The van der Waals surface area contributed by atoms with Gasteiger partial charge in [0.25, 0.3) is 0 Å². The first-order valence-electron chi connectivity index (χ1n) is 6.80. The normalized spacial score (nSPS) is 13.8. The Labute approximate surface area is 153 Å². The molecule has 10 heteroatoms. The molecule has 2 rings (SSSR count). The molecule has 0 heterocycles. The van der Waals surface area contributed by atoms with Crippen LogP contribution in [-0.4, -0.2) is 23.8 Å². The Morgan fingerprint density at radius 3 is 1.08 bits per heavy atom. The van der Waals surface area contributed by atoms with Crippen LogP contribution in [0.25, 0.3) is 0 Å². The van der Waals surface area contributed by atoms with E-state index in [1.54, 1.807) is 0 Å². The number of nitrogens with zero attached hydrogens (tertiary/aromatic N) is 2. The number of alkyl halides is 6. The third kappa shape index (κ3) is 5.47. The number of benzene rings is 2. The lowest BCUT2D eigenvalue weighted by atomic mass is 10.2. The van der Waals surface area contributed by atoms with Gasteiger partial charge in [-0.05, 0) is 48.5 Å². The predicted octanol–water partition coefficient (Wildman–Crippen LogP) is 6.96. The minimum absolute atomic E-state index is 0.198. The van der Waals surface area contributed by atoms with Crippen LogP contribution in [0, 0.1) is 0 Å². The summed E-state index contributed by atoms with van der Waals surface area (Å²) in [5.74, 6) is 0. The minimum atomic E-state index is -5.39. The molecule has 0 N–H and O–H groups in total. The summed E-state index contributed by atoms with van der Waals surface area (Å²) in [7, 11) is 0. The molecular formula is C16H8Cl2F6N2. The van der Waals surface area contributed by atoms with Gasteiger partial charge < -0.3 is 0 Å². The van der Waals surface area contributed by atoms with Gasteiger partial charge in [-0.25, -0.2) is 9.98 Å². The zero-order valence-electron chi connectivity index (χ0n) is 12.5. The monoisotopic (exact) mass is 412 g/mol. The maximum atomic E-state index is 13.3. The van der Waals surface area contributed by atoms with Crippen molar-refractivity contribution in [3.8, 4) is 0 Å². The van der Waals surface area contributed by atoms with E-state index in [9.17, 15) is 26.3 Å². The van der Waals surface area contributed by atoms with Crippen LogP contribution in [-0.2, 0) is 0 Å². The number of aliphatic imine (C=N–C) groups is 2. The number of hydrogen-bond acceptors (Lipinski definition) is 2. The molecule has 0 saturated carbocycles. The van der Waals surface area contributed by atoms with E-state index in [4.69, 9.17) is 23.2 Å². The van der Waals surface area contributed by atoms with Crippen LogP contribution < -0.4 is 0 Å². The summed E-state index contributed by atoms with van der Waals surface area (Å²) >= 11 is 11.2. The van der Waals surface area contributed by atoms with E-state index >= 15 is 0 Å². The van der Waals surface area contributed by atoms with Crippen molar-refractivity contribution in [2.75, 3.05) is 0 Å². The summed E-state index contributed by atoms with van der Waals surface area (Å²) < 4.78 is 79.6. The van der Waals surface area contributed by atoms with Crippen molar-refractivity contribution >= 4 is 46.0 Å². The van der Waals surface area contributed by atoms with Gasteiger partial charge >= 0.3 is 12.4 Å². The van der Waals surface area contributed by atoms with Gasteiger partial charge in [0.05, 0.1) is 11.4 Å². The molecule has 138 valence electrons. The van der Waals surface area contributed by atoms with Gasteiger partial charge in [-0.2, -0.15) is 26.3 Å². The molecule has 0 saturated heterocycles. The second-order valence-corrected chi connectivity index (χ2v) is 5.74. The second-order valence-electron chi connectivity index (χ2n) is 4.87. The van der Waals surface area contributed by atoms with Crippen molar-refractivity contribution in [3.05, 3.63) is 58.6 Å². The van der Waals surface area contributed by atoms with Gasteiger partial charge in [-0.15, -0.1) is 0 Å². The maximum Gasteiger partial charge on any atom is 0.435 e. The Bertz CT molecular complexity index is 750. The molecule has 2 aromatic rings. The molecule has 0 amide bonds. The minimum Gasteiger partial charge on any atom is -0.242 e. The molecule has 2 aromatic carbocycles. The van der Waals surface area contributed by atoms with Crippen molar-refractivity contribution in [2.24, 2.45) is 9.98 Å². The highest BCUT2D eigenvalue weighted by Crippen LogP contribution is 2.31. The fourth-order valence-electron chi connectivity index (χ4n) is 1.79. The van der Waals surface area contributed by atoms with Gasteiger partial charge in [-0.3, -0.25) is 0 Å². The fourth-order valence-corrected chi connectivity index (χ4v) is 2.04. The zero-order valence-corrected chi connectivity index (χ0v) is 14.0. The summed E-state index contributed by atoms with van der Waals surface area (Å²) in [6, 6.07) is 9.06. The molecule has 0 aromatic heterocycles. The Balaban J connectivity index is 2.63. The third-order valence-electron chi connectivity index (χ3n) is 2.90. The summed E-state index contributed by atoms with van der Waals surface area (Å²) in [5, 5.41) is 0.395. The van der Waals surface area contributed by atoms with Crippen molar-refractivity contribution < 1.29 is 26.3 Å². The lowest BCUT2D eigenvalue weighted by Gasteiger charge is -2.16. The predicted molar refractivity (Wildman–Crippen MR) is 89.2 cm³/mol. The van der Waals surface area contributed by atoms with E-state index < -0.39 is 23.8 Å². The Morgan fingerprint density at radius 1 is 0.577 bits per heavy atom. The summed E-state index contributed by atoms with van der Waals surface area (Å²) in [6.07, 6.45) is -10.8. The molecule has 0 aliphatic carbocycles. The average Bonchev–Trinajstić information content (AvgIpc) is 2.52. The topological polar surface area (TPSA) is 24.7 Å². The standard InChI is InChI=1S/C16H8Cl2F6N2/c17-9-1-5-11(6-2-9)25-13(15(19,20)21)14(16(22,23)24)26-12-7-3-10(18)4-8-12/h1-8H. The van der Waals surface area contributed by atoms with Crippen molar-refractivity contribution in [1.29, 1.82) is 0 Å². The van der Waals surface area contributed by atoms with Crippen LogP contribution in [0.4, 0.5) is 37.7 Å². The molecule has 0 aliphatic rings. The van der Waals surface area contributed by atoms with E-state index in [1.165, 1.54) is 24.3 Å². The Hall–Kier alpha value is -2.06. The largest absolute Gasteiger partial charge is 0.435 e. The Kier molecular flexibility index (Phi) is 5.98. The van der Waals surface area contributed by atoms with E-state index in [1.807, 2.05) is 0 Å². The van der Waals surface area contributed by atoms with Crippen LogP contribution in [0.15, 0.2) is 58.5 Å². The molecule has 0 unspecified atom stereocenters. The molecule has 2 nitrogen and oxygen atoms in total. The van der Waals surface area contributed by atoms with Crippen LogP contribution >= 0.6 is 23.2 Å². The highest BCUT2D eigenvalue weighted by molar-refractivity contribution is 6.47. The summed E-state index contributed by atoms with van der Waals surface area (Å²) in [5.41, 5.74) is -5.03. The molecular weight excluding hydrogens is 405 g/mol. The number of rotatable bonds is 3.